The molecule has 0 fully saturated rings. The van der Waals surface area contributed by atoms with E-state index in [2.05, 4.69) is 11.9 Å². The van der Waals surface area contributed by atoms with Gasteiger partial charge in [-0.2, -0.15) is 0 Å². The molecule has 2 rings (SSSR count). The number of aromatic nitrogens is 1. The van der Waals surface area contributed by atoms with Crippen molar-refractivity contribution in [3.63, 3.8) is 0 Å². The number of aromatic amines is 1. The van der Waals surface area contributed by atoms with E-state index in [0.29, 0.717) is 22.5 Å². The van der Waals surface area contributed by atoms with Gasteiger partial charge in [-0.1, -0.05) is 13.3 Å². The Balaban J connectivity index is 2.33. The van der Waals surface area contributed by atoms with Crippen molar-refractivity contribution in [2.24, 2.45) is 0 Å². The van der Waals surface area contributed by atoms with Crippen LogP contribution in [0.3, 0.4) is 0 Å². The summed E-state index contributed by atoms with van der Waals surface area (Å²) in [6.07, 6.45) is 2.10. The molecule has 92 valence electrons. The number of anilines is 1. The van der Waals surface area contributed by atoms with Crippen LogP contribution >= 0.6 is 0 Å². The molecule has 2 aromatic rings. The Bertz CT molecular complexity index is 571. The Morgan fingerprint density at radius 1 is 1.53 bits per heavy atom. The minimum absolute atomic E-state index is 0.0957. The minimum Gasteiger partial charge on any atom is -0.488 e. The molecule has 0 bridgehead atoms. The van der Waals surface area contributed by atoms with Gasteiger partial charge in [0.05, 0.1) is 17.3 Å². The molecule has 1 unspecified atom stereocenters. The summed E-state index contributed by atoms with van der Waals surface area (Å²) in [5.41, 5.74) is 7.36. The molecule has 5 heteroatoms. The lowest BCUT2D eigenvalue weighted by atomic mass is 10.2. The average molecular weight is 236 g/mol. The van der Waals surface area contributed by atoms with Crippen molar-refractivity contribution in [3.8, 4) is 5.75 Å². The lowest BCUT2D eigenvalue weighted by Crippen LogP contribution is -2.12. The van der Waals surface area contributed by atoms with E-state index in [9.17, 15) is 4.79 Å². The van der Waals surface area contributed by atoms with E-state index in [1.807, 2.05) is 6.92 Å². The third kappa shape index (κ3) is 2.43. The fraction of sp³-hybridized carbons (Fsp3) is 0.417. The zero-order chi connectivity index (χ0) is 12.4. The largest absolute Gasteiger partial charge is 0.488 e. The average Bonchev–Trinajstić information content (AvgIpc) is 2.58. The first kappa shape index (κ1) is 11.6. The summed E-state index contributed by atoms with van der Waals surface area (Å²) in [6.45, 7) is 4.09. The maximum Gasteiger partial charge on any atom is 0.417 e. The maximum atomic E-state index is 11.0. The molecule has 3 N–H and O–H groups in total. The fourth-order valence-corrected chi connectivity index (χ4v) is 1.78. The quantitative estimate of drug-likeness (QED) is 0.798. The van der Waals surface area contributed by atoms with Crippen molar-refractivity contribution in [1.82, 2.24) is 4.98 Å². The van der Waals surface area contributed by atoms with E-state index in [4.69, 9.17) is 14.9 Å². The zero-order valence-corrected chi connectivity index (χ0v) is 9.95. The monoisotopic (exact) mass is 236 g/mol. The maximum absolute atomic E-state index is 11.0. The molecule has 0 aliphatic heterocycles. The number of hydrogen-bond acceptors (Lipinski definition) is 4. The topological polar surface area (TPSA) is 81.2 Å². The Morgan fingerprint density at radius 3 is 3.00 bits per heavy atom. The highest BCUT2D eigenvalue weighted by atomic mass is 16.5. The van der Waals surface area contributed by atoms with Crippen molar-refractivity contribution in [2.75, 3.05) is 5.73 Å². The molecule has 0 aliphatic rings. The van der Waals surface area contributed by atoms with Crippen molar-refractivity contribution in [2.45, 2.75) is 32.8 Å². The molecule has 5 nitrogen and oxygen atoms in total. The van der Waals surface area contributed by atoms with E-state index in [1.165, 1.54) is 0 Å². The van der Waals surface area contributed by atoms with Crippen LogP contribution in [0.5, 0.6) is 5.75 Å². The lowest BCUT2D eigenvalue weighted by molar-refractivity contribution is 0.211. The second kappa shape index (κ2) is 4.53. The highest BCUT2D eigenvalue weighted by Gasteiger charge is 2.10. The van der Waals surface area contributed by atoms with Crippen LogP contribution < -0.4 is 16.2 Å². The van der Waals surface area contributed by atoms with Crippen LogP contribution in [0.25, 0.3) is 11.1 Å². The van der Waals surface area contributed by atoms with Crippen molar-refractivity contribution >= 4 is 16.8 Å². The van der Waals surface area contributed by atoms with Gasteiger partial charge in [-0.05, 0) is 13.3 Å². The summed E-state index contributed by atoms with van der Waals surface area (Å²) in [6, 6.07) is 3.29. The molecule has 0 aliphatic carbocycles. The molecule has 17 heavy (non-hydrogen) atoms. The number of fused-ring (bicyclic) bond motifs is 1. The van der Waals surface area contributed by atoms with Gasteiger partial charge in [-0.3, -0.25) is 4.98 Å². The molecule has 0 amide bonds. The van der Waals surface area contributed by atoms with Gasteiger partial charge in [-0.15, -0.1) is 0 Å². The number of hydrogen-bond donors (Lipinski definition) is 2. The van der Waals surface area contributed by atoms with Gasteiger partial charge in [-0.25, -0.2) is 4.79 Å². The van der Waals surface area contributed by atoms with Crippen molar-refractivity contribution in [3.05, 3.63) is 22.7 Å². The summed E-state index contributed by atoms with van der Waals surface area (Å²) in [7, 11) is 0. The zero-order valence-electron chi connectivity index (χ0n) is 9.95. The van der Waals surface area contributed by atoms with E-state index in [1.54, 1.807) is 12.1 Å². The molecule has 1 aromatic heterocycles. The third-order valence-corrected chi connectivity index (χ3v) is 2.57. The molecule has 0 spiro atoms. The highest BCUT2D eigenvalue weighted by Crippen LogP contribution is 2.27. The number of nitrogens with two attached hydrogens (primary N) is 1. The van der Waals surface area contributed by atoms with Crippen LogP contribution in [0.1, 0.15) is 26.7 Å². The first-order chi connectivity index (χ1) is 8.10. The molecule has 1 atom stereocenters. The predicted molar refractivity (Wildman–Crippen MR) is 66.2 cm³/mol. The SMILES string of the molecule is CCCC(C)Oc1cc2[nH]c(=O)oc2cc1N. The minimum atomic E-state index is -0.488. The summed E-state index contributed by atoms with van der Waals surface area (Å²) >= 11 is 0. The molecule has 0 saturated heterocycles. The second-order valence-corrected chi connectivity index (χ2v) is 4.12. The molecule has 1 heterocycles. The van der Waals surface area contributed by atoms with Crippen LogP contribution in [-0.4, -0.2) is 11.1 Å². The smallest absolute Gasteiger partial charge is 0.417 e. The van der Waals surface area contributed by atoms with Crippen molar-refractivity contribution < 1.29 is 9.15 Å². The van der Waals surface area contributed by atoms with Gasteiger partial charge in [0.15, 0.2) is 5.58 Å². The van der Waals surface area contributed by atoms with Crippen LogP contribution in [0.2, 0.25) is 0 Å². The van der Waals surface area contributed by atoms with Crippen LogP contribution in [0, 0.1) is 0 Å². The Labute approximate surface area is 98.6 Å². The first-order valence-corrected chi connectivity index (χ1v) is 5.69. The normalized spacial score (nSPS) is 12.8. The number of nitrogen functional groups attached to an aromatic ring is 1. The van der Waals surface area contributed by atoms with Gasteiger partial charge >= 0.3 is 5.76 Å². The molecular weight excluding hydrogens is 220 g/mol. The third-order valence-electron chi connectivity index (χ3n) is 2.57. The van der Waals surface area contributed by atoms with Crippen LogP contribution in [0.15, 0.2) is 21.3 Å². The lowest BCUT2D eigenvalue weighted by Gasteiger charge is -2.15. The fourth-order valence-electron chi connectivity index (χ4n) is 1.78. The molecule has 1 aromatic carbocycles. The Kier molecular flexibility index (Phi) is 3.08. The van der Waals surface area contributed by atoms with E-state index >= 15 is 0 Å². The highest BCUT2D eigenvalue weighted by molar-refractivity contribution is 5.80. The van der Waals surface area contributed by atoms with Gasteiger partial charge in [0.25, 0.3) is 0 Å². The first-order valence-electron chi connectivity index (χ1n) is 5.69. The number of oxazole rings is 1. The summed E-state index contributed by atoms with van der Waals surface area (Å²) in [5, 5.41) is 0. The second-order valence-electron chi connectivity index (χ2n) is 4.12. The Morgan fingerprint density at radius 2 is 2.29 bits per heavy atom. The molecule has 0 saturated carbocycles. The summed E-state index contributed by atoms with van der Waals surface area (Å²) < 4.78 is 10.6. The number of nitrogens with one attached hydrogen (secondary N) is 1. The molecule has 0 radical (unpaired) electrons. The summed E-state index contributed by atoms with van der Waals surface area (Å²) in [5.74, 6) is 0.0913. The predicted octanol–water partition coefficient (Wildman–Crippen LogP) is 2.27. The number of rotatable bonds is 4. The van der Waals surface area contributed by atoms with E-state index < -0.39 is 5.76 Å². The Hall–Kier alpha value is -1.91. The van der Waals surface area contributed by atoms with E-state index in [0.717, 1.165) is 12.8 Å². The van der Waals surface area contributed by atoms with Gasteiger partial charge in [0, 0.05) is 12.1 Å². The van der Waals surface area contributed by atoms with Gasteiger partial charge in [0.2, 0.25) is 0 Å². The number of ether oxygens (including phenoxy) is 1. The van der Waals surface area contributed by atoms with Gasteiger partial charge < -0.3 is 14.9 Å². The number of H-pyrrole nitrogens is 1. The van der Waals surface area contributed by atoms with Gasteiger partial charge in [0.1, 0.15) is 5.75 Å². The van der Waals surface area contributed by atoms with Crippen molar-refractivity contribution in [1.29, 1.82) is 0 Å². The van der Waals surface area contributed by atoms with Crippen LogP contribution in [0.4, 0.5) is 5.69 Å². The van der Waals surface area contributed by atoms with E-state index in [-0.39, 0.29) is 6.10 Å². The standard InChI is InChI=1S/C12H16N2O3/c1-3-4-7(2)16-10-6-9-11(5-8(10)13)17-12(15)14-9/h5-7H,3-4,13H2,1-2H3,(H,14,15). The summed E-state index contributed by atoms with van der Waals surface area (Å²) in [4.78, 5) is 13.6. The number of benzene rings is 1. The van der Waals surface area contributed by atoms with Crippen LogP contribution in [-0.2, 0) is 0 Å². The molecular formula is C12H16N2O3.